The smallest absolute Gasteiger partial charge is 0.0608 e. The summed E-state index contributed by atoms with van der Waals surface area (Å²) >= 11 is 1.87. The number of nitrogens with two attached hydrogens (primary N) is 1. The molecule has 0 bridgehead atoms. The summed E-state index contributed by atoms with van der Waals surface area (Å²) in [6, 6.07) is 8.43. The Morgan fingerprint density at radius 3 is 2.69 bits per heavy atom. The normalized spacial score (nSPS) is 14.8. The van der Waals surface area contributed by atoms with Crippen molar-refractivity contribution in [2.45, 2.75) is 31.6 Å². The molecule has 0 saturated heterocycles. The molecule has 1 unspecified atom stereocenters. The third-order valence-electron chi connectivity index (χ3n) is 2.70. The molecular formula is C13H21NOS. The first-order valence-corrected chi connectivity index (χ1v) is 6.72. The van der Waals surface area contributed by atoms with Gasteiger partial charge in [-0.1, -0.05) is 24.3 Å². The van der Waals surface area contributed by atoms with Gasteiger partial charge in [-0.15, -0.1) is 0 Å². The van der Waals surface area contributed by atoms with Crippen molar-refractivity contribution < 1.29 is 5.11 Å². The lowest BCUT2D eigenvalue weighted by Crippen LogP contribution is -2.40. The van der Waals surface area contributed by atoms with Gasteiger partial charge in [-0.05, 0) is 37.1 Å². The SMILES string of the molecule is Cc1ccccc1CSCCC(C)(N)CO. The zero-order valence-corrected chi connectivity index (χ0v) is 10.9. The maximum atomic E-state index is 9.02. The van der Waals surface area contributed by atoms with E-state index in [9.17, 15) is 0 Å². The van der Waals surface area contributed by atoms with Crippen molar-refractivity contribution in [1.29, 1.82) is 0 Å². The Hall–Kier alpha value is -0.510. The lowest BCUT2D eigenvalue weighted by atomic mass is 10.0. The Balaban J connectivity index is 2.29. The van der Waals surface area contributed by atoms with E-state index in [1.165, 1.54) is 11.1 Å². The average Bonchev–Trinajstić information content (AvgIpc) is 2.27. The molecule has 1 aromatic carbocycles. The van der Waals surface area contributed by atoms with Gasteiger partial charge < -0.3 is 10.8 Å². The van der Waals surface area contributed by atoms with Gasteiger partial charge in [-0.2, -0.15) is 11.8 Å². The molecule has 1 aromatic rings. The minimum absolute atomic E-state index is 0.0535. The first-order valence-electron chi connectivity index (χ1n) is 5.57. The minimum Gasteiger partial charge on any atom is -0.394 e. The summed E-state index contributed by atoms with van der Waals surface area (Å²) in [5.74, 6) is 2.01. The highest BCUT2D eigenvalue weighted by Crippen LogP contribution is 2.18. The maximum absolute atomic E-state index is 9.02. The first kappa shape index (κ1) is 13.6. The third-order valence-corrected chi connectivity index (χ3v) is 3.71. The zero-order valence-electron chi connectivity index (χ0n) is 10.1. The Kier molecular flexibility index (Phi) is 5.32. The molecule has 0 fully saturated rings. The second-order valence-electron chi connectivity index (χ2n) is 4.54. The summed E-state index contributed by atoms with van der Waals surface area (Å²) in [5.41, 5.74) is 8.16. The number of aryl methyl sites for hydroxylation is 1. The Labute approximate surface area is 102 Å². The summed E-state index contributed by atoms with van der Waals surface area (Å²) in [4.78, 5) is 0. The molecule has 90 valence electrons. The molecule has 0 aliphatic carbocycles. The second kappa shape index (κ2) is 6.28. The third kappa shape index (κ3) is 4.56. The molecule has 3 N–H and O–H groups in total. The fourth-order valence-corrected chi connectivity index (χ4v) is 2.64. The standard InChI is InChI=1S/C13H21NOS/c1-11-5-3-4-6-12(11)9-16-8-7-13(2,14)10-15/h3-6,15H,7-10,14H2,1-2H3. The molecule has 1 rings (SSSR count). The van der Waals surface area contributed by atoms with E-state index in [-0.39, 0.29) is 6.61 Å². The van der Waals surface area contributed by atoms with E-state index in [4.69, 9.17) is 10.8 Å². The highest BCUT2D eigenvalue weighted by Gasteiger charge is 2.15. The fourth-order valence-electron chi connectivity index (χ4n) is 1.34. The van der Waals surface area contributed by atoms with Crippen LogP contribution < -0.4 is 5.73 Å². The van der Waals surface area contributed by atoms with Crippen LogP contribution in [0, 0.1) is 6.92 Å². The molecule has 0 heterocycles. The van der Waals surface area contributed by atoms with Gasteiger partial charge in [-0.25, -0.2) is 0 Å². The van der Waals surface area contributed by atoms with E-state index in [2.05, 4.69) is 31.2 Å². The zero-order chi connectivity index (χ0) is 12.0. The van der Waals surface area contributed by atoms with Crippen LogP contribution in [0.25, 0.3) is 0 Å². The monoisotopic (exact) mass is 239 g/mol. The van der Waals surface area contributed by atoms with Crippen LogP contribution in [-0.2, 0) is 5.75 Å². The number of hydrogen-bond acceptors (Lipinski definition) is 3. The number of hydrogen-bond donors (Lipinski definition) is 2. The topological polar surface area (TPSA) is 46.2 Å². The predicted molar refractivity (Wildman–Crippen MR) is 71.6 cm³/mol. The van der Waals surface area contributed by atoms with Crippen molar-refractivity contribution in [3.8, 4) is 0 Å². The van der Waals surface area contributed by atoms with Crippen molar-refractivity contribution in [2.24, 2.45) is 5.73 Å². The number of aliphatic hydroxyl groups is 1. The van der Waals surface area contributed by atoms with Crippen LogP contribution in [0.3, 0.4) is 0 Å². The number of benzene rings is 1. The van der Waals surface area contributed by atoms with Gasteiger partial charge in [0.1, 0.15) is 0 Å². The lowest BCUT2D eigenvalue weighted by Gasteiger charge is -2.21. The molecule has 0 spiro atoms. The summed E-state index contributed by atoms with van der Waals surface area (Å²) in [5, 5.41) is 9.02. The Bertz CT molecular complexity index is 325. The second-order valence-corrected chi connectivity index (χ2v) is 5.65. The molecule has 0 amide bonds. The van der Waals surface area contributed by atoms with Crippen LogP contribution in [0.5, 0.6) is 0 Å². The molecule has 1 atom stereocenters. The van der Waals surface area contributed by atoms with Crippen molar-refractivity contribution >= 4 is 11.8 Å². The van der Waals surface area contributed by atoms with Gasteiger partial charge in [-0.3, -0.25) is 0 Å². The van der Waals surface area contributed by atoms with Crippen LogP contribution in [0.15, 0.2) is 24.3 Å². The lowest BCUT2D eigenvalue weighted by molar-refractivity contribution is 0.206. The molecule has 0 aliphatic rings. The summed E-state index contributed by atoms with van der Waals surface area (Å²) < 4.78 is 0. The van der Waals surface area contributed by atoms with E-state index < -0.39 is 5.54 Å². The van der Waals surface area contributed by atoms with Gasteiger partial charge in [0.15, 0.2) is 0 Å². The van der Waals surface area contributed by atoms with Gasteiger partial charge in [0.05, 0.1) is 6.61 Å². The van der Waals surface area contributed by atoms with Gasteiger partial charge in [0.2, 0.25) is 0 Å². The van der Waals surface area contributed by atoms with Crippen molar-refractivity contribution in [2.75, 3.05) is 12.4 Å². The predicted octanol–water partition coefficient (Wildman–Crippen LogP) is 2.33. The molecule has 0 saturated carbocycles. The summed E-state index contributed by atoms with van der Waals surface area (Å²) in [7, 11) is 0. The molecule has 2 nitrogen and oxygen atoms in total. The molecule has 3 heteroatoms. The number of thioether (sulfide) groups is 1. The van der Waals surface area contributed by atoms with E-state index in [0.717, 1.165) is 17.9 Å². The molecule has 0 aliphatic heterocycles. The Morgan fingerprint density at radius 2 is 2.06 bits per heavy atom. The Morgan fingerprint density at radius 1 is 1.38 bits per heavy atom. The van der Waals surface area contributed by atoms with Gasteiger partial charge >= 0.3 is 0 Å². The van der Waals surface area contributed by atoms with Crippen LogP contribution in [0.4, 0.5) is 0 Å². The first-order chi connectivity index (χ1) is 7.55. The van der Waals surface area contributed by atoms with Gasteiger partial charge in [0, 0.05) is 11.3 Å². The van der Waals surface area contributed by atoms with Crippen molar-refractivity contribution in [1.82, 2.24) is 0 Å². The van der Waals surface area contributed by atoms with Gasteiger partial charge in [0.25, 0.3) is 0 Å². The fraction of sp³-hybridized carbons (Fsp3) is 0.538. The number of aliphatic hydroxyl groups excluding tert-OH is 1. The van der Waals surface area contributed by atoms with E-state index in [0.29, 0.717) is 0 Å². The van der Waals surface area contributed by atoms with E-state index in [1.807, 2.05) is 18.7 Å². The van der Waals surface area contributed by atoms with Crippen LogP contribution in [0.2, 0.25) is 0 Å². The number of rotatable bonds is 6. The van der Waals surface area contributed by atoms with Crippen LogP contribution in [0.1, 0.15) is 24.5 Å². The summed E-state index contributed by atoms with van der Waals surface area (Å²) in [6.45, 7) is 4.08. The molecule has 0 aromatic heterocycles. The molecule has 16 heavy (non-hydrogen) atoms. The largest absolute Gasteiger partial charge is 0.394 e. The maximum Gasteiger partial charge on any atom is 0.0608 e. The van der Waals surface area contributed by atoms with Crippen molar-refractivity contribution in [3.05, 3.63) is 35.4 Å². The quantitative estimate of drug-likeness (QED) is 0.749. The van der Waals surface area contributed by atoms with Crippen LogP contribution >= 0.6 is 11.8 Å². The van der Waals surface area contributed by atoms with Crippen molar-refractivity contribution in [3.63, 3.8) is 0 Å². The van der Waals surface area contributed by atoms with E-state index in [1.54, 1.807) is 0 Å². The highest BCUT2D eigenvalue weighted by molar-refractivity contribution is 7.98. The van der Waals surface area contributed by atoms with E-state index >= 15 is 0 Å². The van der Waals surface area contributed by atoms with Crippen LogP contribution in [-0.4, -0.2) is 23.0 Å². The summed E-state index contributed by atoms with van der Waals surface area (Å²) in [6.07, 6.45) is 0.847. The highest BCUT2D eigenvalue weighted by atomic mass is 32.2. The minimum atomic E-state index is -0.432. The average molecular weight is 239 g/mol. The molecule has 0 radical (unpaired) electrons. The molecular weight excluding hydrogens is 218 g/mol.